The summed E-state index contributed by atoms with van der Waals surface area (Å²) >= 11 is 3.18. The molecule has 3 aromatic rings. The minimum atomic E-state index is -0.258. The molecule has 6 nitrogen and oxygen atoms in total. The normalized spacial score (nSPS) is 10.8. The summed E-state index contributed by atoms with van der Waals surface area (Å²) in [5.74, 6) is 0.707. The van der Waals surface area contributed by atoms with Crippen LogP contribution in [0.25, 0.3) is 10.7 Å². The van der Waals surface area contributed by atoms with Crippen LogP contribution >= 0.6 is 22.7 Å². The number of methoxy groups -OCH3 is 1. The Morgan fingerprint density at radius 3 is 2.82 bits per heavy atom. The van der Waals surface area contributed by atoms with Gasteiger partial charge in [0, 0.05) is 12.0 Å². The third-order valence-electron chi connectivity index (χ3n) is 2.85. The number of nitrogens with zero attached hydrogens (tertiary/aromatic N) is 3. The van der Waals surface area contributed by atoms with E-state index in [-0.39, 0.29) is 12.5 Å². The molecule has 0 aromatic carbocycles. The molecule has 0 saturated carbocycles. The first-order valence-corrected chi connectivity index (χ1v) is 8.33. The maximum absolute atomic E-state index is 12.1. The summed E-state index contributed by atoms with van der Waals surface area (Å²) in [6.07, 6.45) is 0. The van der Waals surface area contributed by atoms with Crippen LogP contribution in [0, 0.1) is 0 Å². The molecular formula is C14H14N4O2S2. The highest BCUT2D eigenvalue weighted by Gasteiger charge is 2.17. The summed E-state index contributed by atoms with van der Waals surface area (Å²) in [5.41, 5.74) is 0. The molecule has 1 N–H and O–H groups in total. The van der Waals surface area contributed by atoms with Gasteiger partial charge >= 0.3 is 0 Å². The molecular weight excluding hydrogens is 320 g/mol. The lowest BCUT2D eigenvalue weighted by Gasteiger charge is -2.05. The van der Waals surface area contributed by atoms with Crippen molar-refractivity contribution in [1.82, 2.24) is 14.8 Å². The molecule has 0 amide bonds. The smallest absolute Gasteiger partial charge is 0.276 e. The van der Waals surface area contributed by atoms with Crippen molar-refractivity contribution in [2.24, 2.45) is 0 Å². The highest BCUT2D eigenvalue weighted by Crippen LogP contribution is 2.23. The molecule has 0 aliphatic carbocycles. The molecule has 114 valence electrons. The van der Waals surface area contributed by atoms with E-state index in [9.17, 15) is 4.79 Å². The molecule has 0 bridgehead atoms. The maximum Gasteiger partial charge on any atom is 0.276 e. The zero-order chi connectivity index (χ0) is 15.4. The van der Waals surface area contributed by atoms with E-state index in [1.807, 2.05) is 35.0 Å². The van der Waals surface area contributed by atoms with Gasteiger partial charge in [-0.05, 0) is 22.9 Å². The van der Waals surface area contributed by atoms with Gasteiger partial charge in [0.1, 0.15) is 6.61 Å². The summed E-state index contributed by atoms with van der Waals surface area (Å²) in [4.78, 5) is 18.6. The second-order valence-electron chi connectivity index (χ2n) is 4.41. The first-order chi connectivity index (χ1) is 10.8. The van der Waals surface area contributed by atoms with Crippen molar-refractivity contribution in [3.05, 3.63) is 39.9 Å². The molecule has 0 saturated heterocycles. The zero-order valence-electron chi connectivity index (χ0n) is 11.9. The number of carbonyl (C=O) groups excluding carboxylic acids is 1. The van der Waals surface area contributed by atoms with Gasteiger partial charge in [-0.15, -0.1) is 27.8 Å². The van der Waals surface area contributed by atoms with Gasteiger partial charge in [0.2, 0.25) is 5.95 Å². The molecule has 3 heterocycles. The van der Waals surface area contributed by atoms with Crippen LogP contribution in [0.2, 0.25) is 0 Å². The van der Waals surface area contributed by atoms with Crippen molar-refractivity contribution >= 4 is 34.5 Å². The fraction of sp³-hybridized carbons (Fsp3) is 0.214. The van der Waals surface area contributed by atoms with E-state index < -0.39 is 0 Å². The SMILES string of the molecule is COCC(=O)n1nc(-c2cccs2)nc1NCc1cccs1. The second-order valence-corrected chi connectivity index (χ2v) is 6.39. The number of thiophene rings is 2. The summed E-state index contributed by atoms with van der Waals surface area (Å²) in [5, 5.41) is 11.4. The van der Waals surface area contributed by atoms with Gasteiger partial charge in [-0.3, -0.25) is 4.79 Å². The molecule has 0 spiro atoms. The van der Waals surface area contributed by atoms with Crippen molar-refractivity contribution in [3.63, 3.8) is 0 Å². The number of hydrogen-bond acceptors (Lipinski definition) is 7. The summed E-state index contributed by atoms with van der Waals surface area (Å²) in [7, 11) is 1.48. The second kappa shape index (κ2) is 6.82. The summed E-state index contributed by atoms with van der Waals surface area (Å²) in [6, 6.07) is 7.86. The lowest BCUT2D eigenvalue weighted by molar-refractivity contribution is 0.0748. The number of rotatable bonds is 6. The Morgan fingerprint density at radius 2 is 2.14 bits per heavy atom. The van der Waals surface area contributed by atoms with E-state index >= 15 is 0 Å². The van der Waals surface area contributed by atoms with Crippen molar-refractivity contribution < 1.29 is 9.53 Å². The van der Waals surface area contributed by atoms with E-state index in [1.165, 1.54) is 23.1 Å². The minimum Gasteiger partial charge on any atom is -0.375 e. The number of aromatic nitrogens is 3. The fourth-order valence-electron chi connectivity index (χ4n) is 1.87. The molecule has 3 rings (SSSR count). The number of nitrogens with one attached hydrogen (secondary N) is 1. The van der Waals surface area contributed by atoms with Gasteiger partial charge in [-0.25, -0.2) is 0 Å². The third kappa shape index (κ3) is 3.24. The van der Waals surface area contributed by atoms with Crippen LogP contribution in [0.4, 0.5) is 5.95 Å². The standard InChI is InChI=1S/C14H14N4O2S2/c1-20-9-12(19)18-14(15-8-10-4-2-6-21-10)16-13(17-18)11-5-3-7-22-11/h2-7H,8-9H2,1H3,(H,15,16,17). The van der Waals surface area contributed by atoms with Gasteiger partial charge in [0.25, 0.3) is 5.91 Å². The Morgan fingerprint density at radius 1 is 1.32 bits per heavy atom. The van der Waals surface area contributed by atoms with Gasteiger partial charge in [-0.2, -0.15) is 9.67 Å². The predicted octanol–water partition coefficient (Wildman–Crippen LogP) is 2.97. The fourth-order valence-corrected chi connectivity index (χ4v) is 3.17. The largest absolute Gasteiger partial charge is 0.375 e. The van der Waals surface area contributed by atoms with Crippen molar-refractivity contribution in [3.8, 4) is 10.7 Å². The van der Waals surface area contributed by atoms with E-state index in [1.54, 1.807) is 11.3 Å². The van der Waals surface area contributed by atoms with E-state index in [0.29, 0.717) is 18.3 Å². The highest BCUT2D eigenvalue weighted by atomic mass is 32.1. The first-order valence-electron chi connectivity index (χ1n) is 6.57. The van der Waals surface area contributed by atoms with Gasteiger partial charge < -0.3 is 10.1 Å². The van der Waals surface area contributed by atoms with E-state index in [4.69, 9.17) is 4.74 Å². The van der Waals surface area contributed by atoms with Crippen LogP contribution in [-0.2, 0) is 11.3 Å². The van der Waals surface area contributed by atoms with Gasteiger partial charge in [0.15, 0.2) is 5.82 Å². The Hall–Kier alpha value is -2.03. The zero-order valence-corrected chi connectivity index (χ0v) is 13.5. The summed E-state index contributed by atoms with van der Waals surface area (Å²) in [6.45, 7) is 0.557. The number of ether oxygens (including phenoxy) is 1. The molecule has 0 aliphatic heterocycles. The molecule has 0 atom stereocenters. The molecule has 3 aromatic heterocycles. The summed E-state index contributed by atoms with van der Waals surface area (Å²) < 4.78 is 6.17. The number of hydrogen-bond donors (Lipinski definition) is 1. The topological polar surface area (TPSA) is 69.0 Å². The van der Waals surface area contributed by atoms with Crippen LogP contribution in [0.15, 0.2) is 35.0 Å². The Balaban J connectivity index is 1.86. The quantitative estimate of drug-likeness (QED) is 0.750. The van der Waals surface area contributed by atoms with Crippen molar-refractivity contribution in [1.29, 1.82) is 0 Å². The van der Waals surface area contributed by atoms with Gasteiger partial charge in [0.05, 0.1) is 11.4 Å². The monoisotopic (exact) mass is 334 g/mol. The highest BCUT2D eigenvalue weighted by molar-refractivity contribution is 7.13. The Kier molecular flexibility index (Phi) is 4.62. The molecule has 8 heteroatoms. The third-order valence-corrected chi connectivity index (χ3v) is 4.60. The average molecular weight is 334 g/mol. The van der Waals surface area contributed by atoms with Crippen LogP contribution in [0.5, 0.6) is 0 Å². The van der Waals surface area contributed by atoms with Crippen LogP contribution < -0.4 is 5.32 Å². The van der Waals surface area contributed by atoms with Gasteiger partial charge in [-0.1, -0.05) is 12.1 Å². The molecule has 22 heavy (non-hydrogen) atoms. The number of anilines is 1. The minimum absolute atomic E-state index is 0.0408. The Labute approximate surface area is 135 Å². The number of carbonyl (C=O) groups is 1. The van der Waals surface area contributed by atoms with E-state index in [2.05, 4.69) is 15.4 Å². The molecule has 0 fully saturated rings. The first kappa shape index (κ1) is 14.9. The van der Waals surface area contributed by atoms with E-state index in [0.717, 1.165) is 9.75 Å². The predicted molar refractivity (Wildman–Crippen MR) is 87.5 cm³/mol. The lowest BCUT2D eigenvalue weighted by atomic mass is 10.4. The maximum atomic E-state index is 12.1. The molecule has 0 unspecified atom stereocenters. The molecule has 0 aliphatic rings. The van der Waals surface area contributed by atoms with Crippen LogP contribution in [0.3, 0.4) is 0 Å². The molecule has 0 radical (unpaired) electrons. The van der Waals surface area contributed by atoms with Crippen LogP contribution in [0.1, 0.15) is 9.67 Å². The van der Waals surface area contributed by atoms with Crippen molar-refractivity contribution in [2.45, 2.75) is 6.54 Å². The van der Waals surface area contributed by atoms with Crippen LogP contribution in [-0.4, -0.2) is 34.4 Å². The van der Waals surface area contributed by atoms with Crippen molar-refractivity contribution in [2.75, 3.05) is 19.0 Å². The Bertz CT molecular complexity index is 735. The lowest BCUT2D eigenvalue weighted by Crippen LogP contribution is -2.20. The average Bonchev–Trinajstić information content (AvgIpc) is 3.25.